The summed E-state index contributed by atoms with van der Waals surface area (Å²) in [5, 5.41) is 0.827. The quantitative estimate of drug-likeness (QED) is 0.559. The van der Waals surface area contributed by atoms with Crippen LogP contribution in [-0.2, 0) is 10.0 Å². The summed E-state index contributed by atoms with van der Waals surface area (Å²) in [7, 11) is -2.18. The van der Waals surface area contributed by atoms with E-state index in [9.17, 15) is 8.42 Å². The van der Waals surface area contributed by atoms with Crippen molar-refractivity contribution in [2.24, 2.45) is 0 Å². The molecule has 2 heterocycles. The Bertz CT molecular complexity index is 1240. The zero-order chi connectivity index (χ0) is 19.6. The number of ether oxygens (including phenoxy) is 1. The van der Waals surface area contributed by atoms with Crippen LogP contribution >= 0.6 is 0 Å². The summed E-state index contributed by atoms with van der Waals surface area (Å²) in [5.74, 6) is 0.933. The number of hydrogen-bond acceptors (Lipinski definition) is 6. The van der Waals surface area contributed by atoms with Crippen LogP contribution in [-0.4, -0.2) is 30.5 Å². The number of para-hydroxylation sites is 1. The zero-order valence-corrected chi connectivity index (χ0v) is 15.7. The Morgan fingerprint density at radius 3 is 2.57 bits per heavy atom. The maximum Gasteiger partial charge on any atom is 0.263 e. The third kappa shape index (κ3) is 3.37. The van der Waals surface area contributed by atoms with E-state index in [-0.39, 0.29) is 10.7 Å². The van der Waals surface area contributed by atoms with E-state index >= 15 is 0 Å². The number of fused-ring (bicyclic) bond motifs is 1. The minimum Gasteiger partial charge on any atom is -0.496 e. The SMILES string of the molecule is COc1ccccc1-c1ccnc2cc(S(=O)(=O)Nc3ccncn3)ccc12. The first-order chi connectivity index (χ1) is 13.6. The monoisotopic (exact) mass is 392 g/mol. The summed E-state index contributed by atoms with van der Waals surface area (Å²) >= 11 is 0. The maximum absolute atomic E-state index is 12.7. The first-order valence-electron chi connectivity index (χ1n) is 8.39. The summed E-state index contributed by atoms with van der Waals surface area (Å²) in [4.78, 5) is 12.1. The van der Waals surface area contributed by atoms with Crippen LogP contribution in [0.15, 0.2) is 78.2 Å². The molecular weight excluding hydrogens is 376 g/mol. The molecule has 0 unspecified atom stereocenters. The highest BCUT2D eigenvalue weighted by Gasteiger charge is 2.17. The van der Waals surface area contributed by atoms with Crippen molar-refractivity contribution in [3.63, 3.8) is 0 Å². The fourth-order valence-electron chi connectivity index (χ4n) is 2.94. The third-order valence-electron chi connectivity index (χ3n) is 4.24. The summed E-state index contributed by atoms with van der Waals surface area (Å²) < 4.78 is 33.3. The van der Waals surface area contributed by atoms with Gasteiger partial charge in [-0.15, -0.1) is 0 Å². The van der Waals surface area contributed by atoms with Gasteiger partial charge in [-0.2, -0.15) is 0 Å². The molecule has 4 rings (SSSR count). The fourth-order valence-corrected chi connectivity index (χ4v) is 3.97. The second-order valence-electron chi connectivity index (χ2n) is 5.94. The van der Waals surface area contributed by atoms with Gasteiger partial charge in [0.05, 0.1) is 17.5 Å². The van der Waals surface area contributed by atoms with Gasteiger partial charge in [0.1, 0.15) is 17.9 Å². The molecular formula is C20H16N4O3S. The standard InChI is InChI=1S/C20H16N4O3S/c1-27-19-5-3-2-4-17(19)15-8-11-22-18-12-14(6-7-16(15)18)28(25,26)24-20-9-10-21-13-23-20/h2-13H,1H3,(H,21,23,24). The molecule has 0 fully saturated rings. The lowest BCUT2D eigenvalue weighted by molar-refractivity contribution is 0.416. The molecule has 0 amide bonds. The lowest BCUT2D eigenvalue weighted by Gasteiger charge is -2.12. The lowest BCUT2D eigenvalue weighted by atomic mass is 10.0. The molecule has 0 aliphatic carbocycles. The van der Waals surface area contributed by atoms with Gasteiger partial charge in [0.15, 0.2) is 0 Å². The lowest BCUT2D eigenvalue weighted by Crippen LogP contribution is -2.14. The van der Waals surface area contributed by atoms with Crippen molar-refractivity contribution < 1.29 is 13.2 Å². The highest BCUT2D eigenvalue weighted by atomic mass is 32.2. The van der Waals surface area contributed by atoms with E-state index in [4.69, 9.17) is 4.74 Å². The number of rotatable bonds is 5. The highest BCUT2D eigenvalue weighted by Crippen LogP contribution is 2.34. The molecule has 2 aromatic carbocycles. The van der Waals surface area contributed by atoms with Gasteiger partial charge in [0.2, 0.25) is 0 Å². The molecule has 2 aromatic heterocycles. The largest absolute Gasteiger partial charge is 0.496 e. The molecule has 28 heavy (non-hydrogen) atoms. The number of hydrogen-bond donors (Lipinski definition) is 1. The number of methoxy groups -OCH3 is 1. The van der Waals surface area contributed by atoms with Gasteiger partial charge in [-0.25, -0.2) is 18.4 Å². The van der Waals surface area contributed by atoms with Crippen molar-refractivity contribution in [3.05, 3.63) is 73.3 Å². The first kappa shape index (κ1) is 17.9. The molecule has 0 radical (unpaired) electrons. The normalized spacial score (nSPS) is 11.3. The van der Waals surface area contributed by atoms with Crippen molar-refractivity contribution in [2.45, 2.75) is 4.90 Å². The van der Waals surface area contributed by atoms with Gasteiger partial charge in [-0.05, 0) is 35.9 Å². The van der Waals surface area contributed by atoms with Crippen molar-refractivity contribution in [3.8, 4) is 16.9 Å². The van der Waals surface area contributed by atoms with Crippen LogP contribution in [0.5, 0.6) is 5.75 Å². The predicted molar refractivity (Wildman–Crippen MR) is 107 cm³/mol. The second kappa shape index (κ2) is 7.24. The number of nitrogens with zero attached hydrogens (tertiary/aromatic N) is 3. The molecule has 140 valence electrons. The molecule has 8 heteroatoms. The zero-order valence-electron chi connectivity index (χ0n) is 14.9. The van der Waals surface area contributed by atoms with Gasteiger partial charge in [0, 0.05) is 23.3 Å². The maximum atomic E-state index is 12.7. The Morgan fingerprint density at radius 2 is 1.79 bits per heavy atom. The summed E-state index contributed by atoms with van der Waals surface area (Å²) in [5.41, 5.74) is 2.39. The van der Waals surface area contributed by atoms with E-state index in [0.29, 0.717) is 5.52 Å². The molecule has 0 saturated heterocycles. The molecule has 0 atom stereocenters. The van der Waals surface area contributed by atoms with Crippen molar-refractivity contribution >= 4 is 26.7 Å². The highest BCUT2D eigenvalue weighted by molar-refractivity contribution is 7.92. The summed E-state index contributed by atoms with van der Waals surface area (Å²) in [6, 6.07) is 15.9. The Hall–Kier alpha value is -3.52. The minimum atomic E-state index is -3.80. The van der Waals surface area contributed by atoms with Crippen LogP contribution < -0.4 is 9.46 Å². The molecule has 0 aliphatic rings. The number of pyridine rings is 1. The molecule has 4 aromatic rings. The number of nitrogens with one attached hydrogen (secondary N) is 1. The summed E-state index contributed by atoms with van der Waals surface area (Å²) in [6.07, 6.45) is 4.39. The van der Waals surface area contributed by atoms with Gasteiger partial charge in [0.25, 0.3) is 10.0 Å². The third-order valence-corrected chi connectivity index (χ3v) is 5.59. The first-order valence-corrected chi connectivity index (χ1v) is 9.88. The number of sulfonamides is 1. The van der Waals surface area contributed by atoms with E-state index < -0.39 is 10.0 Å². The number of benzene rings is 2. The van der Waals surface area contributed by atoms with Crippen molar-refractivity contribution in [1.29, 1.82) is 0 Å². The molecule has 0 saturated carbocycles. The van der Waals surface area contributed by atoms with Gasteiger partial charge in [-0.1, -0.05) is 24.3 Å². The fraction of sp³-hybridized carbons (Fsp3) is 0.0500. The van der Waals surface area contributed by atoms with E-state index in [2.05, 4.69) is 19.7 Å². The van der Waals surface area contributed by atoms with E-state index in [0.717, 1.165) is 22.3 Å². The average Bonchev–Trinajstić information content (AvgIpc) is 2.73. The van der Waals surface area contributed by atoms with Crippen LogP contribution in [0, 0.1) is 0 Å². The molecule has 1 N–H and O–H groups in total. The van der Waals surface area contributed by atoms with E-state index in [1.807, 2.05) is 30.3 Å². The molecule has 7 nitrogen and oxygen atoms in total. The van der Waals surface area contributed by atoms with E-state index in [1.165, 1.54) is 24.7 Å². The molecule has 0 spiro atoms. The Labute approximate surface area is 162 Å². The van der Waals surface area contributed by atoms with Gasteiger partial charge >= 0.3 is 0 Å². The van der Waals surface area contributed by atoms with Crippen LogP contribution in [0.1, 0.15) is 0 Å². The Balaban J connectivity index is 1.79. The van der Waals surface area contributed by atoms with Crippen LogP contribution in [0.3, 0.4) is 0 Å². The number of aromatic nitrogens is 3. The van der Waals surface area contributed by atoms with Gasteiger partial charge in [-0.3, -0.25) is 9.71 Å². The Morgan fingerprint density at radius 1 is 0.929 bits per heavy atom. The average molecular weight is 392 g/mol. The van der Waals surface area contributed by atoms with Gasteiger partial charge < -0.3 is 4.74 Å². The smallest absolute Gasteiger partial charge is 0.263 e. The van der Waals surface area contributed by atoms with Crippen LogP contribution in [0.2, 0.25) is 0 Å². The van der Waals surface area contributed by atoms with E-state index in [1.54, 1.807) is 25.4 Å². The van der Waals surface area contributed by atoms with Crippen molar-refractivity contribution in [2.75, 3.05) is 11.8 Å². The molecule has 0 bridgehead atoms. The minimum absolute atomic E-state index is 0.100. The summed E-state index contributed by atoms with van der Waals surface area (Å²) in [6.45, 7) is 0. The van der Waals surface area contributed by atoms with Crippen LogP contribution in [0.4, 0.5) is 5.82 Å². The topological polar surface area (TPSA) is 94.1 Å². The Kier molecular flexibility index (Phi) is 4.62. The number of anilines is 1. The van der Waals surface area contributed by atoms with Crippen LogP contribution in [0.25, 0.3) is 22.0 Å². The second-order valence-corrected chi connectivity index (χ2v) is 7.62. The predicted octanol–water partition coefficient (Wildman–Crippen LogP) is 3.50. The molecule has 0 aliphatic heterocycles. The van der Waals surface area contributed by atoms with Crippen molar-refractivity contribution in [1.82, 2.24) is 15.0 Å².